The molecule has 1 aromatic carbocycles. The maximum Gasteiger partial charge on any atom is 0.356 e. The molecule has 1 atom stereocenters. The number of ether oxygens (including phenoxy) is 1. The minimum absolute atomic E-state index is 0.0502. The standard InChI is InChI=1S/C16H17FN2O2/c1-11(12-6-8-13(17)9-7-12)18-10-14-4-3-5-15(19-14)16(20)21-2/h3-9,11,18H,10H2,1-2H3. The molecule has 0 aliphatic rings. The van der Waals surface area contributed by atoms with Gasteiger partial charge in [-0.2, -0.15) is 0 Å². The Morgan fingerprint density at radius 2 is 2.00 bits per heavy atom. The van der Waals surface area contributed by atoms with Crippen LogP contribution in [0.4, 0.5) is 4.39 Å². The Balaban J connectivity index is 1.99. The third kappa shape index (κ3) is 4.10. The number of aromatic nitrogens is 1. The van der Waals surface area contributed by atoms with Gasteiger partial charge in [0.1, 0.15) is 11.5 Å². The molecule has 1 N–H and O–H groups in total. The molecule has 0 amide bonds. The molecule has 4 nitrogen and oxygen atoms in total. The summed E-state index contributed by atoms with van der Waals surface area (Å²) in [4.78, 5) is 15.6. The SMILES string of the molecule is COC(=O)c1cccc(CNC(C)c2ccc(F)cc2)n1. The van der Waals surface area contributed by atoms with Gasteiger partial charge in [-0.15, -0.1) is 0 Å². The first kappa shape index (κ1) is 15.1. The van der Waals surface area contributed by atoms with Crippen molar-refractivity contribution in [3.05, 3.63) is 65.2 Å². The molecule has 0 fully saturated rings. The Morgan fingerprint density at radius 1 is 1.29 bits per heavy atom. The quantitative estimate of drug-likeness (QED) is 0.860. The molecular weight excluding hydrogens is 271 g/mol. The van der Waals surface area contributed by atoms with Gasteiger partial charge in [-0.05, 0) is 36.8 Å². The maximum atomic E-state index is 12.9. The van der Waals surface area contributed by atoms with E-state index in [1.165, 1.54) is 19.2 Å². The number of pyridine rings is 1. The molecule has 0 radical (unpaired) electrons. The summed E-state index contributed by atoms with van der Waals surface area (Å²) in [5, 5.41) is 3.28. The second kappa shape index (κ2) is 6.95. The van der Waals surface area contributed by atoms with Crippen LogP contribution in [0.5, 0.6) is 0 Å². The van der Waals surface area contributed by atoms with Crippen LogP contribution in [0.25, 0.3) is 0 Å². The number of hydrogen-bond donors (Lipinski definition) is 1. The molecule has 1 unspecified atom stereocenters. The number of halogens is 1. The van der Waals surface area contributed by atoms with Gasteiger partial charge in [-0.25, -0.2) is 14.2 Å². The zero-order valence-corrected chi connectivity index (χ0v) is 12.0. The minimum atomic E-state index is -0.455. The summed E-state index contributed by atoms with van der Waals surface area (Å²) in [5.74, 6) is -0.707. The van der Waals surface area contributed by atoms with Crippen LogP contribution in [-0.2, 0) is 11.3 Å². The molecule has 0 spiro atoms. The van der Waals surface area contributed by atoms with Crippen LogP contribution in [0.2, 0.25) is 0 Å². The Bertz CT molecular complexity index is 614. The summed E-state index contributed by atoms with van der Waals surface area (Å²) in [6.45, 7) is 2.49. The largest absolute Gasteiger partial charge is 0.464 e. The number of nitrogens with one attached hydrogen (secondary N) is 1. The predicted octanol–water partition coefficient (Wildman–Crippen LogP) is 2.86. The lowest BCUT2D eigenvalue weighted by Crippen LogP contribution is -2.19. The first-order valence-electron chi connectivity index (χ1n) is 6.63. The zero-order chi connectivity index (χ0) is 15.2. The van der Waals surface area contributed by atoms with Crippen molar-refractivity contribution >= 4 is 5.97 Å². The van der Waals surface area contributed by atoms with Crippen LogP contribution >= 0.6 is 0 Å². The van der Waals surface area contributed by atoms with Gasteiger partial charge in [-0.3, -0.25) is 0 Å². The van der Waals surface area contributed by atoms with Gasteiger partial charge in [0.15, 0.2) is 0 Å². The number of methoxy groups -OCH3 is 1. The number of rotatable bonds is 5. The lowest BCUT2D eigenvalue weighted by Gasteiger charge is -2.14. The fourth-order valence-corrected chi connectivity index (χ4v) is 1.92. The summed E-state index contributed by atoms with van der Waals surface area (Å²) in [6, 6.07) is 11.6. The molecule has 0 aliphatic carbocycles. The molecular formula is C16H17FN2O2. The van der Waals surface area contributed by atoms with Crippen molar-refractivity contribution in [3.8, 4) is 0 Å². The third-order valence-electron chi connectivity index (χ3n) is 3.16. The highest BCUT2D eigenvalue weighted by atomic mass is 19.1. The molecule has 0 saturated heterocycles. The van der Waals surface area contributed by atoms with Crippen molar-refractivity contribution in [2.75, 3.05) is 7.11 Å². The average molecular weight is 288 g/mol. The average Bonchev–Trinajstić information content (AvgIpc) is 2.52. The second-order valence-corrected chi connectivity index (χ2v) is 4.66. The van der Waals surface area contributed by atoms with Gasteiger partial charge in [0.05, 0.1) is 12.8 Å². The van der Waals surface area contributed by atoms with Crippen LogP contribution in [0, 0.1) is 5.82 Å². The summed E-state index contributed by atoms with van der Waals surface area (Å²) in [7, 11) is 1.32. The number of carbonyl (C=O) groups is 1. The fraction of sp³-hybridized carbons (Fsp3) is 0.250. The number of esters is 1. The molecule has 110 valence electrons. The highest BCUT2D eigenvalue weighted by Gasteiger charge is 2.09. The summed E-state index contributed by atoms with van der Waals surface area (Å²) in [5.41, 5.74) is 2.01. The van der Waals surface area contributed by atoms with Crippen LogP contribution in [0.3, 0.4) is 0 Å². The van der Waals surface area contributed by atoms with Crippen LogP contribution in [0.15, 0.2) is 42.5 Å². The van der Waals surface area contributed by atoms with Gasteiger partial charge >= 0.3 is 5.97 Å². The first-order chi connectivity index (χ1) is 10.1. The monoisotopic (exact) mass is 288 g/mol. The Labute approximate surface area is 123 Å². The van der Waals surface area contributed by atoms with E-state index in [-0.39, 0.29) is 17.6 Å². The van der Waals surface area contributed by atoms with E-state index in [1.54, 1.807) is 24.3 Å². The number of nitrogens with zero attached hydrogens (tertiary/aromatic N) is 1. The van der Waals surface area contributed by atoms with E-state index in [0.717, 1.165) is 11.3 Å². The normalized spacial score (nSPS) is 12.0. The van der Waals surface area contributed by atoms with Crippen molar-refractivity contribution in [1.29, 1.82) is 0 Å². The van der Waals surface area contributed by atoms with E-state index in [2.05, 4.69) is 15.0 Å². The van der Waals surface area contributed by atoms with Crippen molar-refractivity contribution < 1.29 is 13.9 Å². The highest BCUT2D eigenvalue weighted by Crippen LogP contribution is 2.13. The summed E-state index contributed by atoms with van der Waals surface area (Å²) < 4.78 is 17.5. The highest BCUT2D eigenvalue weighted by molar-refractivity contribution is 5.87. The molecule has 0 bridgehead atoms. The molecule has 0 saturated carbocycles. The molecule has 2 rings (SSSR count). The molecule has 5 heteroatoms. The Hall–Kier alpha value is -2.27. The van der Waals surface area contributed by atoms with E-state index in [4.69, 9.17) is 0 Å². The van der Waals surface area contributed by atoms with Gasteiger partial charge in [0, 0.05) is 12.6 Å². The Kier molecular flexibility index (Phi) is 5.00. The van der Waals surface area contributed by atoms with Crippen LogP contribution in [0.1, 0.15) is 34.7 Å². The van der Waals surface area contributed by atoms with Crippen molar-refractivity contribution in [3.63, 3.8) is 0 Å². The topological polar surface area (TPSA) is 51.2 Å². The molecule has 0 aliphatic heterocycles. The van der Waals surface area contributed by atoms with Gasteiger partial charge in [0.25, 0.3) is 0 Å². The van der Waals surface area contributed by atoms with Crippen LogP contribution < -0.4 is 5.32 Å². The number of hydrogen-bond acceptors (Lipinski definition) is 4. The van der Waals surface area contributed by atoms with Crippen molar-refractivity contribution in [2.45, 2.75) is 19.5 Å². The van der Waals surface area contributed by atoms with Crippen molar-refractivity contribution in [1.82, 2.24) is 10.3 Å². The lowest BCUT2D eigenvalue weighted by atomic mass is 10.1. The van der Waals surface area contributed by atoms with E-state index in [0.29, 0.717) is 6.54 Å². The fourth-order valence-electron chi connectivity index (χ4n) is 1.92. The Morgan fingerprint density at radius 3 is 2.67 bits per heavy atom. The molecule has 21 heavy (non-hydrogen) atoms. The van der Waals surface area contributed by atoms with Crippen LogP contribution in [-0.4, -0.2) is 18.1 Å². The predicted molar refractivity (Wildman–Crippen MR) is 77.2 cm³/mol. The van der Waals surface area contributed by atoms with Gasteiger partial charge in [0.2, 0.25) is 0 Å². The molecule has 1 aromatic heterocycles. The molecule has 1 heterocycles. The smallest absolute Gasteiger partial charge is 0.356 e. The number of carbonyl (C=O) groups excluding carboxylic acids is 1. The first-order valence-corrected chi connectivity index (χ1v) is 6.63. The summed E-state index contributed by atoms with van der Waals surface area (Å²) >= 11 is 0. The maximum absolute atomic E-state index is 12.9. The second-order valence-electron chi connectivity index (χ2n) is 4.66. The van der Waals surface area contributed by atoms with E-state index < -0.39 is 5.97 Å². The van der Waals surface area contributed by atoms with E-state index >= 15 is 0 Å². The molecule has 2 aromatic rings. The summed E-state index contributed by atoms with van der Waals surface area (Å²) in [6.07, 6.45) is 0. The number of benzene rings is 1. The van der Waals surface area contributed by atoms with E-state index in [9.17, 15) is 9.18 Å². The van der Waals surface area contributed by atoms with E-state index in [1.807, 2.05) is 13.0 Å². The minimum Gasteiger partial charge on any atom is -0.464 e. The third-order valence-corrected chi connectivity index (χ3v) is 3.16. The lowest BCUT2D eigenvalue weighted by molar-refractivity contribution is 0.0593. The zero-order valence-electron chi connectivity index (χ0n) is 12.0. The van der Waals surface area contributed by atoms with Gasteiger partial charge in [-0.1, -0.05) is 18.2 Å². The van der Waals surface area contributed by atoms with Crippen molar-refractivity contribution in [2.24, 2.45) is 0 Å². The van der Waals surface area contributed by atoms with Gasteiger partial charge < -0.3 is 10.1 Å².